The number of carboxylic acids is 1. The van der Waals surface area contributed by atoms with Gasteiger partial charge in [-0.05, 0) is 38.5 Å². The number of hydrogen-bond donors (Lipinski definition) is 2. The van der Waals surface area contributed by atoms with Crippen LogP contribution in [0.25, 0.3) is 0 Å². The molecule has 7 nitrogen and oxygen atoms in total. The van der Waals surface area contributed by atoms with Crippen LogP contribution in [0.1, 0.15) is 56.6 Å². The van der Waals surface area contributed by atoms with E-state index in [4.69, 9.17) is 5.11 Å². The molecule has 0 atom stereocenters. The van der Waals surface area contributed by atoms with Gasteiger partial charge in [0.2, 0.25) is 5.91 Å². The maximum atomic E-state index is 12.2. The third-order valence-electron chi connectivity index (χ3n) is 5.28. The fourth-order valence-corrected chi connectivity index (χ4v) is 3.77. The molecule has 1 aromatic rings. The molecule has 1 aliphatic heterocycles. The van der Waals surface area contributed by atoms with E-state index in [-0.39, 0.29) is 17.7 Å². The molecule has 0 unspecified atom stereocenters. The SMILES string of the molecule is O=C(O)C1CCC(C(=O)NCCc2nnc3n2CCCCC3)CC1. The second-order valence-electron chi connectivity index (χ2n) is 6.92. The van der Waals surface area contributed by atoms with Gasteiger partial charge in [0, 0.05) is 31.8 Å². The maximum Gasteiger partial charge on any atom is 0.306 e. The van der Waals surface area contributed by atoms with Crippen molar-refractivity contribution in [3.05, 3.63) is 11.6 Å². The minimum absolute atomic E-state index is 0.0453. The molecular weight excluding hydrogens is 308 g/mol. The molecule has 1 amide bonds. The third-order valence-corrected chi connectivity index (χ3v) is 5.28. The van der Waals surface area contributed by atoms with E-state index in [1.807, 2.05) is 0 Å². The van der Waals surface area contributed by atoms with Gasteiger partial charge in [0.05, 0.1) is 5.92 Å². The lowest BCUT2D eigenvalue weighted by Gasteiger charge is -2.25. The summed E-state index contributed by atoms with van der Waals surface area (Å²) in [4.78, 5) is 23.2. The van der Waals surface area contributed by atoms with E-state index in [1.165, 1.54) is 12.8 Å². The van der Waals surface area contributed by atoms with Crippen LogP contribution in [0, 0.1) is 11.8 Å². The first-order valence-corrected chi connectivity index (χ1v) is 9.06. The van der Waals surface area contributed by atoms with E-state index in [2.05, 4.69) is 20.1 Å². The van der Waals surface area contributed by atoms with Crippen molar-refractivity contribution in [2.24, 2.45) is 11.8 Å². The van der Waals surface area contributed by atoms with Crippen LogP contribution in [-0.2, 0) is 29.0 Å². The zero-order chi connectivity index (χ0) is 16.9. The van der Waals surface area contributed by atoms with Gasteiger partial charge in [-0.25, -0.2) is 0 Å². The molecule has 1 aliphatic carbocycles. The van der Waals surface area contributed by atoms with Crippen LogP contribution in [0.3, 0.4) is 0 Å². The Bertz CT molecular complexity index is 591. The van der Waals surface area contributed by atoms with Gasteiger partial charge in [0.15, 0.2) is 0 Å². The van der Waals surface area contributed by atoms with Gasteiger partial charge in [-0.3, -0.25) is 9.59 Å². The maximum absolute atomic E-state index is 12.2. The van der Waals surface area contributed by atoms with Gasteiger partial charge in [-0.2, -0.15) is 0 Å². The third kappa shape index (κ3) is 3.94. The van der Waals surface area contributed by atoms with E-state index in [0.29, 0.717) is 38.6 Å². The molecule has 2 N–H and O–H groups in total. The van der Waals surface area contributed by atoms with E-state index < -0.39 is 5.97 Å². The van der Waals surface area contributed by atoms with Crippen molar-refractivity contribution in [2.75, 3.05) is 6.54 Å². The van der Waals surface area contributed by atoms with Crippen LogP contribution in [-0.4, -0.2) is 38.3 Å². The summed E-state index contributed by atoms with van der Waals surface area (Å²) in [5.74, 6) is 1.02. The molecule has 2 heterocycles. The highest BCUT2D eigenvalue weighted by Gasteiger charge is 2.29. The summed E-state index contributed by atoms with van der Waals surface area (Å²) in [6.07, 6.45) is 7.81. The molecule has 0 bridgehead atoms. The molecule has 0 saturated heterocycles. The van der Waals surface area contributed by atoms with Crippen molar-refractivity contribution in [3.8, 4) is 0 Å². The van der Waals surface area contributed by atoms with E-state index in [1.54, 1.807) is 0 Å². The number of aromatic nitrogens is 3. The van der Waals surface area contributed by atoms with Gasteiger partial charge in [-0.15, -0.1) is 10.2 Å². The normalized spacial score (nSPS) is 24.0. The average Bonchev–Trinajstić information content (AvgIpc) is 2.81. The van der Waals surface area contributed by atoms with Crippen LogP contribution in [0.4, 0.5) is 0 Å². The molecule has 1 saturated carbocycles. The summed E-state index contributed by atoms with van der Waals surface area (Å²) in [7, 11) is 0. The molecule has 0 aromatic carbocycles. The fraction of sp³-hybridized carbons (Fsp3) is 0.765. The summed E-state index contributed by atoms with van der Waals surface area (Å²) in [6, 6.07) is 0. The highest BCUT2D eigenvalue weighted by atomic mass is 16.4. The molecule has 1 fully saturated rings. The molecule has 1 aromatic heterocycles. The summed E-state index contributed by atoms with van der Waals surface area (Å²) >= 11 is 0. The molecule has 24 heavy (non-hydrogen) atoms. The number of carboxylic acid groups (broad SMARTS) is 1. The number of fused-ring (bicyclic) bond motifs is 1. The average molecular weight is 334 g/mol. The molecule has 3 rings (SSSR count). The van der Waals surface area contributed by atoms with Gasteiger partial charge in [0.1, 0.15) is 11.6 Å². The van der Waals surface area contributed by atoms with Crippen LogP contribution in [0.15, 0.2) is 0 Å². The van der Waals surface area contributed by atoms with Crippen molar-refractivity contribution in [2.45, 2.75) is 64.3 Å². The molecule has 2 aliphatic rings. The monoisotopic (exact) mass is 334 g/mol. The van der Waals surface area contributed by atoms with Crippen LogP contribution in [0.5, 0.6) is 0 Å². The van der Waals surface area contributed by atoms with Gasteiger partial charge in [-0.1, -0.05) is 6.42 Å². The number of rotatable bonds is 5. The quantitative estimate of drug-likeness (QED) is 0.851. The lowest BCUT2D eigenvalue weighted by Crippen LogP contribution is -2.35. The summed E-state index contributed by atoms with van der Waals surface area (Å²) in [5.41, 5.74) is 0. The molecule has 0 spiro atoms. The van der Waals surface area contributed by atoms with Gasteiger partial charge >= 0.3 is 5.97 Å². The van der Waals surface area contributed by atoms with Gasteiger partial charge in [0.25, 0.3) is 0 Å². The van der Waals surface area contributed by atoms with Crippen molar-refractivity contribution in [1.82, 2.24) is 20.1 Å². The highest BCUT2D eigenvalue weighted by molar-refractivity contribution is 5.79. The van der Waals surface area contributed by atoms with Crippen LogP contribution < -0.4 is 5.32 Å². The number of amides is 1. The zero-order valence-electron chi connectivity index (χ0n) is 14.0. The molecular formula is C17H26N4O3. The first-order chi connectivity index (χ1) is 11.6. The van der Waals surface area contributed by atoms with Crippen LogP contribution >= 0.6 is 0 Å². The number of hydrogen-bond acceptors (Lipinski definition) is 4. The second-order valence-corrected chi connectivity index (χ2v) is 6.92. The topological polar surface area (TPSA) is 97.1 Å². The Morgan fingerprint density at radius 3 is 2.58 bits per heavy atom. The Labute approximate surface area is 141 Å². The summed E-state index contributed by atoms with van der Waals surface area (Å²) in [5, 5.41) is 20.5. The fourth-order valence-electron chi connectivity index (χ4n) is 3.77. The first-order valence-electron chi connectivity index (χ1n) is 9.06. The Balaban J connectivity index is 1.44. The smallest absolute Gasteiger partial charge is 0.306 e. The molecule has 7 heteroatoms. The van der Waals surface area contributed by atoms with E-state index in [9.17, 15) is 9.59 Å². The minimum atomic E-state index is -0.735. The largest absolute Gasteiger partial charge is 0.481 e. The lowest BCUT2D eigenvalue weighted by molar-refractivity contribution is -0.144. The number of nitrogens with zero attached hydrogens (tertiary/aromatic N) is 3. The number of aliphatic carboxylic acids is 1. The minimum Gasteiger partial charge on any atom is -0.481 e. The summed E-state index contributed by atoms with van der Waals surface area (Å²) < 4.78 is 2.21. The Morgan fingerprint density at radius 1 is 1.08 bits per heavy atom. The first kappa shape index (κ1) is 16.9. The molecule has 132 valence electrons. The highest BCUT2D eigenvalue weighted by Crippen LogP contribution is 2.29. The van der Waals surface area contributed by atoms with Gasteiger partial charge < -0.3 is 15.0 Å². The number of aryl methyl sites for hydroxylation is 1. The van der Waals surface area contributed by atoms with Crippen molar-refractivity contribution in [3.63, 3.8) is 0 Å². The Morgan fingerprint density at radius 2 is 1.83 bits per heavy atom. The number of nitrogens with one attached hydrogen (secondary N) is 1. The predicted octanol–water partition coefficient (Wildman–Crippen LogP) is 1.55. The number of carbonyl (C=O) groups excluding carboxylic acids is 1. The van der Waals surface area contributed by atoms with Crippen molar-refractivity contribution in [1.29, 1.82) is 0 Å². The zero-order valence-corrected chi connectivity index (χ0v) is 14.0. The summed E-state index contributed by atoms with van der Waals surface area (Å²) in [6.45, 7) is 1.54. The van der Waals surface area contributed by atoms with Crippen LogP contribution in [0.2, 0.25) is 0 Å². The van der Waals surface area contributed by atoms with E-state index >= 15 is 0 Å². The number of carbonyl (C=O) groups is 2. The van der Waals surface area contributed by atoms with Crippen molar-refractivity contribution >= 4 is 11.9 Å². The van der Waals surface area contributed by atoms with Crippen molar-refractivity contribution < 1.29 is 14.7 Å². The second kappa shape index (κ2) is 7.77. The lowest BCUT2D eigenvalue weighted by atomic mass is 9.81. The van der Waals surface area contributed by atoms with E-state index in [0.717, 1.165) is 31.0 Å². The Hall–Kier alpha value is -1.92. The standard InChI is InChI=1S/C17H26N4O3/c22-16(12-5-7-13(8-6-12)17(23)24)18-10-9-15-20-19-14-4-2-1-3-11-21(14)15/h12-13H,1-11H2,(H,18,22)(H,23,24). The Kier molecular flexibility index (Phi) is 5.48. The predicted molar refractivity (Wildman–Crippen MR) is 87.4 cm³/mol. The molecule has 0 radical (unpaired) electrons.